The van der Waals surface area contributed by atoms with E-state index >= 15 is 0 Å². The van der Waals surface area contributed by atoms with Gasteiger partial charge in [0.25, 0.3) is 0 Å². The number of hydrogen-bond acceptors (Lipinski definition) is 2. The van der Waals surface area contributed by atoms with Crippen LogP contribution < -0.4 is 5.32 Å². The van der Waals surface area contributed by atoms with Crippen molar-refractivity contribution in [1.82, 2.24) is 0 Å². The van der Waals surface area contributed by atoms with E-state index in [2.05, 4.69) is 11.4 Å². The summed E-state index contributed by atoms with van der Waals surface area (Å²) in [6.07, 6.45) is 0. The highest BCUT2D eigenvalue weighted by Gasteiger charge is 2.01. The minimum absolute atomic E-state index is 0.623. The van der Waals surface area contributed by atoms with E-state index in [1.165, 1.54) is 0 Å². The Morgan fingerprint density at radius 1 is 1.18 bits per heavy atom. The molecule has 0 aliphatic heterocycles. The second kappa shape index (κ2) is 4.90. The quantitative estimate of drug-likeness (QED) is 0.854. The molecule has 1 N–H and O–H groups in total. The van der Waals surface area contributed by atoms with Gasteiger partial charge in [-0.3, -0.25) is 0 Å². The predicted octanol–water partition coefficient (Wildman–Crippen LogP) is 4.26. The fourth-order valence-corrected chi connectivity index (χ4v) is 1.83. The zero-order valence-electron chi connectivity index (χ0n) is 9.37. The van der Waals surface area contributed by atoms with Crippen molar-refractivity contribution in [1.29, 1.82) is 5.26 Å². The second-order valence-corrected chi connectivity index (χ2v) is 4.21. The zero-order chi connectivity index (χ0) is 12.3. The van der Waals surface area contributed by atoms with Gasteiger partial charge in [-0.15, -0.1) is 0 Å². The van der Waals surface area contributed by atoms with Crippen LogP contribution in [0.3, 0.4) is 0 Å². The summed E-state index contributed by atoms with van der Waals surface area (Å²) in [5.74, 6) is 0. The first-order valence-corrected chi connectivity index (χ1v) is 5.60. The molecule has 0 spiro atoms. The molecule has 2 aromatic rings. The second-order valence-electron chi connectivity index (χ2n) is 3.80. The van der Waals surface area contributed by atoms with Gasteiger partial charge in [0.05, 0.1) is 22.3 Å². The van der Waals surface area contributed by atoms with E-state index < -0.39 is 0 Å². The standard InChI is InChI=1S/C14H11ClN2/c1-10-5-6-14(13(15)7-10)17-12-4-2-3-11(8-12)9-16/h2-8,17H,1H3. The van der Waals surface area contributed by atoms with Crippen molar-refractivity contribution in [2.24, 2.45) is 0 Å². The van der Waals surface area contributed by atoms with Crippen LogP contribution in [0.15, 0.2) is 42.5 Å². The van der Waals surface area contributed by atoms with Crippen LogP contribution in [0, 0.1) is 18.3 Å². The summed E-state index contributed by atoms with van der Waals surface area (Å²) < 4.78 is 0. The Bertz CT molecular complexity index is 585. The summed E-state index contributed by atoms with van der Waals surface area (Å²) in [7, 11) is 0. The van der Waals surface area contributed by atoms with E-state index in [1.807, 2.05) is 37.3 Å². The maximum atomic E-state index is 8.82. The van der Waals surface area contributed by atoms with Gasteiger partial charge < -0.3 is 5.32 Å². The molecule has 0 heterocycles. The fourth-order valence-electron chi connectivity index (χ4n) is 1.54. The van der Waals surface area contributed by atoms with E-state index in [0.29, 0.717) is 10.6 Å². The van der Waals surface area contributed by atoms with Crippen LogP contribution in [0.1, 0.15) is 11.1 Å². The Hall–Kier alpha value is -1.98. The minimum Gasteiger partial charge on any atom is -0.354 e. The molecule has 0 aliphatic carbocycles. The van der Waals surface area contributed by atoms with Crippen LogP contribution in [-0.4, -0.2) is 0 Å². The van der Waals surface area contributed by atoms with E-state index in [4.69, 9.17) is 16.9 Å². The van der Waals surface area contributed by atoms with Crippen LogP contribution in [0.2, 0.25) is 5.02 Å². The Balaban J connectivity index is 2.28. The SMILES string of the molecule is Cc1ccc(Nc2cccc(C#N)c2)c(Cl)c1. The third-order valence-corrected chi connectivity index (χ3v) is 2.71. The fraction of sp³-hybridized carbons (Fsp3) is 0.0714. The molecule has 0 saturated heterocycles. The van der Waals surface area contributed by atoms with Gasteiger partial charge in [0.2, 0.25) is 0 Å². The number of rotatable bonds is 2. The van der Waals surface area contributed by atoms with Crippen LogP contribution in [0.4, 0.5) is 11.4 Å². The summed E-state index contributed by atoms with van der Waals surface area (Å²) in [6, 6.07) is 15.2. The molecule has 0 unspecified atom stereocenters. The Morgan fingerprint density at radius 2 is 2.00 bits per heavy atom. The largest absolute Gasteiger partial charge is 0.354 e. The number of benzene rings is 2. The van der Waals surface area contributed by atoms with Crippen LogP contribution in [0.25, 0.3) is 0 Å². The molecule has 0 aliphatic rings. The number of nitrogens with zero attached hydrogens (tertiary/aromatic N) is 1. The molecule has 0 radical (unpaired) electrons. The molecule has 2 nitrogen and oxygen atoms in total. The van der Waals surface area contributed by atoms with Gasteiger partial charge in [-0.25, -0.2) is 0 Å². The Kier molecular flexibility index (Phi) is 3.32. The highest BCUT2D eigenvalue weighted by atomic mass is 35.5. The van der Waals surface area contributed by atoms with Crippen molar-refractivity contribution < 1.29 is 0 Å². The lowest BCUT2D eigenvalue weighted by Crippen LogP contribution is -1.92. The number of hydrogen-bond donors (Lipinski definition) is 1. The molecule has 0 fully saturated rings. The van der Waals surface area contributed by atoms with Crippen molar-refractivity contribution >= 4 is 23.0 Å². The summed E-state index contributed by atoms with van der Waals surface area (Å²) in [5.41, 5.74) is 3.44. The van der Waals surface area contributed by atoms with E-state index in [-0.39, 0.29) is 0 Å². The molecule has 0 bridgehead atoms. The van der Waals surface area contributed by atoms with Crippen LogP contribution in [0.5, 0.6) is 0 Å². The average Bonchev–Trinajstić information content (AvgIpc) is 2.33. The van der Waals surface area contributed by atoms with Gasteiger partial charge in [-0.1, -0.05) is 23.7 Å². The van der Waals surface area contributed by atoms with E-state index in [1.54, 1.807) is 12.1 Å². The average molecular weight is 243 g/mol. The maximum absolute atomic E-state index is 8.82. The molecule has 84 valence electrons. The molecule has 2 aromatic carbocycles. The summed E-state index contributed by atoms with van der Waals surface area (Å²) in [6.45, 7) is 1.99. The lowest BCUT2D eigenvalue weighted by molar-refractivity contribution is 1.44. The Morgan fingerprint density at radius 3 is 2.71 bits per heavy atom. The molecule has 0 atom stereocenters. The lowest BCUT2D eigenvalue weighted by Gasteiger charge is -2.09. The van der Waals surface area contributed by atoms with Crippen molar-refractivity contribution in [3.63, 3.8) is 0 Å². The molecule has 3 heteroatoms. The lowest BCUT2D eigenvalue weighted by atomic mass is 10.2. The maximum Gasteiger partial charge on any atom is 0.0992 e. The third kappa shape index (κ3) is 2.77. The molecular formula is C14H11ClN2. The summed E-state index contributed by atoms with van der Waals surface area (Å²) >= 11 is 6.13. The molecule has 0 aromatic heterocycles. The molecule has 0 amide bonds. The number of nitrogens with one attached hydrogen (secondary N) is 1. The molecule has 2 rings (SSSR count). The van der Waals surface area contributed by atoms with E-state index in [9.17, 15) is 0 Å². The van der Waals surface area contributed by atoms with Gasteiger partial charge in [0.1, 0.15) is 0 Å². The van der Waals surface area contributed by atoms with Crippen molar-refractivity contribution in [3.05, 3.63) is 58.6 Å². The minimum atomic E-state index is 0.623. The highest BCUT2D eigenvalue weighted by Crippen LogP contribution is 2.26. The first-order chi connectivity index (χ1) is 8.19. The number of aryl methyl sites for hydroxylation is 1. The molecule has 17 heavy (non-hydrogen) atoms. The van der Waals surface area contributed by atoms with Gasteiger partial charge in [0.15, 0.2) is 0 Å². The normalized spacial score (nSPS) is 9.71. The summed E-state index contributed by atoms with van der Waals surface area (Å²) in [4.78, 5) is 0. The van der Waals surface area contributed by atoms with Crippen LogP contribution >= 0.6 is 11.6 Å². The number of anilines is 2. The van der Waals surface area contributed by atoms with E-state index in [0.717, 1.165) is 16.9 Å². The predicted molar refractivity (Wildman–Crippen MR) is 70.6 cm³/mol. The zero-order valence-corrected chi connectivity index (χ0v) is 10.1. The van der Waals surface area contributed by atoms with Gasteiger partial charge >= 0.3 is 0 Å². The van der Waals surface area contributed by atoms with Crippen molar-refractivity contribution in [2.75, 3.05) is 5.32 Å². The van der Waals surface area contributed by atoms with Gasteiger partial charge in [-0.05, 0) is 42.8 Å². The number of nitriles is 1. The van der Waals surface area contributed by atoms with Crippen LogP contribution in [-0.2, 0) is 0 Å². The highest BCUT2D eigenvalue weighted by molar-refractivity contribution is 6.33. The molecular weight excluding hydrogens is 232 g/mol. The first-order valence-electron chi connectivity index (χ1n) is 5.22. The van der Waals surface area contributed by atoms with Crippen molar-refractivity contribution in [3.8, 4) is 6.07 Å². The summed E-state index contributed by atoms with van der Waals surface area (Å²) in [5, 5.41) is 12.7. The topological polar surface area (TPSA) is 35.8 Å². The molecule has 0 saturated carbocycles. The van der Waals surface area contributed by atoms with Gasteiger partial charge in [-0.2, -0.15) is 5.26 Å². The monoisotopic (exact) mass is 242 g/mol. The first kappa shape index (κ1) is 11.5. The Labute approximate surface area is 105 Å². The third-order valence-electron chi connectivity index (χ3n) is 2.40. The van der Waals surface area contributed by atoms with Crippen molar-refractivity contribution in [2.45, 2.75) is 6.92 Å². The van der Waals surface area contributed by atoms with Gasteiger partial charge in [0, 0.05) is 5.69 Å². The number of halogens is 1. The smallest absolute Gasteiger partial charge is 0.0992 e.